The molecule has 0 aromatic heterocycles. The van der Waals surface area contributed by atoms with Crippen LogP contribution < -0.4 is 10.2 Å². The SMILES string of the molecule is COCCNCc1cc(F)ccc1N1CCC(N(C)C)C1. The van der Waals surface area contributed by atoms with Gasteiger partial charge in [0.1, 0.15) is 5.82 Å². The molecule has 1 aliphatic rings. The molecule has 1 aliphatic heterocycles. The average molecular weight is 295 g/mol. The first kappa shape index (κ1) is 16.2. The lowest BCUT2D eigenvalue weighted by Crippen LogP contribution is -2.32. The Kier molecular flexibility index (Phi) is 5.96. The highest BCUT2D eigenvalue weighted by atomic mass is 19.1. The number of likely N-dealkylation sites (N-methyl/N-ethyl adjacent to an activating group) is 1. The number of nitrogens with zero attached hydrogens (tertiary/aromatic N) is 2. The summed E-state index contributed by atoms with van der Waals surface area (Å²) in [5.74, 6) is -0.175. The van der Waals surface area contributed by atoms with Crippen molar-refractivity contribution in [1.29, 1.82) is 0 Å². The lowest BCUT2D eigenvalue weighted by Gasteiger charge is -2.24. The molecule has 1 heterocycles. The van der Waals surface area contributed by atoms with Gasteiger partial charge in [0, 0.05) is 45.0 Å². The lowest BCUT2D eigenvalue weighted by molar-refractivity contribution is 0.199. The smallest absolute Gasteiger partial charge is 0.123 e. The van der Waals surface area contributed by atoms with E-state index < -0.39 is 0 Å². The normalized spacial score (nSPS) is 18.7. The van der Waals surface area contributed by atoms with Crippen molar-refractivity contribution >= 4 is 5.69 Å². The van der Waals surface area contributed by atoms with Gasteiger partial charge in [-0.25, -0.2) is 4.39 Å². The molecule has 1 unspecified atom stereocenters. The molecule has 4 nitrogen and oxygen atoms in total. The van der Waals surface area contributed by atoms with E-state index in [1.807, 2.05) is 6.07 Å². The van der Waals surface area contributed by atoms with Crippen molar-refractivity contribution in [3.05, 3.63) is 29.6 Å². The Morgan fingerprint density at radius 2 is 2.24 bits per heavy atom. The molecule has 0 radical (unpaired) electrons. The minimum Gasteiger partial charge on any atom is -0.383 e. The molecule has 0 amide bonds. The summed E-state index contributed by atoms with van der Waals surface area (Å²) in [5.41, 5.74) is 2.16. The third-order valence-corrected chi connectivity index (χ3v) is 4.07. The van der Waals surface area contributed by atoms with Gasteiger partial charge in [-0.3, -0.25) is 0 Å². The number of benzene rings is 1. The Morgan fingerprint density at radius 3 is 2.90 bits per heavy atom. The molecular formula is C16H26FN3O. The Hall–Kier alpha value is -1.17. The molecule has 118 valence electrons. The first-order valence-electron chi connectivity index (χ1n) is 7.51. The number of nitrogens with one attached hydrogen (secondary N) is 1. The summed E-state index contributed by atoms with van der Waals surface area (Å²) in [5, 5.41) is 3.30. The van der Waals surface area contributed by atoms with E-state index in [9.17, 15) is 4.39 Å². The molecule has 0 spiro atoms. The van der Waals surface area contributed by atoms with Crippen LogP contribution in [-0.2, 0) is 11.3 Å². The Labute approximate surface area is 126 Å². The Morgan fingerprint density at radius 1 is 1.43 bits per heavy atom. The molecule has 1 fully saturated rings. The second kappa shape index (κ2) is 7.73. The van der Waals surface area contributed by atoms with Crippen LogP contribution in [0.1, 0.15) is 12.0 Å². The van der Waals surface area contributed by atoms with Crippen LogP contribution in [0.5, 0.6) is 0 Å². The van der Waals surface area contributed by atoms with Crippen LogP contribution in [0.4, 0.5) is 10.1 Å². The van der Waals surface area contributed by atoms with Gasteiger partial charge in [0.2, 0.25) is 0 Å². The van der Waals surface area contributed by atoms with Crippen LogP contribution in [0.15, 0.2) is 18.2 Å². The zero-order chi connectivity index (χ0) is 15.2. The topological polar surface area (TPSA) is 27.7 Å². The lowest BCUT2D eigenvalue weighted by atomic mass is 10.1. The van der Waals surface area contributed by atoms with Gasteiger partial charge in [-0.15, -0.1) is 0 Å². The second-order valence-electron chi connectivity index (χ2n) is 5.79. The summed E-state index contributed by atoms with van der Waals surface area (Å²) in [6.07, 6.45) is 1.15. The number of halogens is 1. The molecule has 0 aliphatic carbocycles. The highest BCUT2D eigenvalue weighted by Gasteiger charge is 2.25. The van der Waals surface area contributed by atoms with Crippen molar-refractivity contribution in [3.8, 4) is 0 Å². The van der Waals surface area contributed by atoms with Crippen LogP contribution in [0.2, 0.25) is 0 Å². The number of ether oxygens (including phenoxy) is 1. The summed E-state index contributed by atoms with van der Waals surface area (Å²) in [4.78, 5) is 4.62. The van der Waals surface area contributed by atoms with Gasteiger partial charge < -0.3 is 19.9 Å². The van der Waals surface area contributed by atoms with Gasteiger partial charge in [-0.05, 0) is 44.3 Å². The number of anilines is 1. The largest absolute Gasteiger partial charge is 0.383 e. The molecule has 1 N–H and O–H groups in total. The van der Waals surface area contributed by atoms with Gasteiger partial charge in [0.25, 0.3) is 0 Å². The maximum Gasteiger partial charge on any atom is 0.123 e. The maximum absolute atomic E-state index is 13.5. The van der Waals surface area contributed by atoms with E-state index in [1.54, 1.807) is 19.2 Å². The molecule has 1 aromatic carbocycles. The van der Waals surface area contributed by atoms with E-state index in [0.717, 1.165) is 37.3 Å². The van der Waals surface area contributed by atoms with Gasteiger partial charge in [-0.1, -0.05) is 0 Å². The highest BCUT2D eigenvalue weighted by Crippen LogP contribution is 2.26. The van der Waals surface area contributed by atoms with Crippen molar-refractivity contribution in [2.24, 2.45) is 0 Å². The minimum absolute atomic E-state index is 0.175. The molecule has 21 heavy (non-hydrogen) atoms. The monoisotopic (exact) mass is 295 g/mol. The molecule has 0 saturated carbocycles. The Bertz CT molecular complexity index is 453. The molecule has 1 atom stereocenters. The van der Waals surface area contributed by atoms with Gasteiger partial charge in [-0.2, -0.15) is 0 Å². The second-order valence-corrected chi connectivity index (χ2v) is 5.79. The van der Waals surface area contributed by atoms with E-state index in [1.165, 1.54) is 0 Å². The van der Waals surface area contributed by atoms with E-state index in [-0.39, 0.29) is 5.82 Å². The average Bonchev–Trinajstić information content (AvgIpc) is 2.93. The first-order chi connectivity index (χ1) is 10.1. The molecule has 0 bridgehead atoms. The summed E-state index contributed by atoms with van der Waals surface area (Å²) in [7, 11) is 5.92. The van der Waals surface area contributed by atoms with Crippen LogP contribution in [-0.4, -0.2) is 58.4 Å². The van der Waals surface area contributed by atoms with Crippen LogP contribution in [0.3, 0.4) is 0 Å². The fourth-order valence-corrected chi connectivity index (χ4v) is 2.78. The molecule has 2 rings (SSSR count). The van der Waals surface area contributed by atoms with Crippen molar-refractivity contribution in [2.75, 3.05) is 52.3 Å². The third-order valence-electron chi connectivity index (χ3n) is 4.07. The van der Waals surface area contributed by atoms with Crippen molar-refractivity contribution in [1.82, 2.24) is 10.2 Å². The zero-order valence-electron chi connectivity index (χ0n) is 13.2. The number of methoxy groups -OCH3 is 1. The molecule has 5 heteroatoms. The van der Waals surface area contributed by atoms with Crippen LogP contribution in [0.25, 0.3) is 0 Å². The zero-order valence-corrected chi connectivity index (χ0v) is 13.2. The third kappa shape index (κ3) is 4.40. The fourth-order valence-electron chi connectivity index (χ4n) is 2.78. The van der Waals surface area contributed by atoms with Crippen LogP contribution in [0, 0.1) is 5.82 Å². The standard InChI is InChI=1S/C16H26FN3O/c1-19(2)15-6-8-20(12-15)16-5-4-14(17)10-13(16)11-18-7-9-21-3/h4-5,10,15,18H,6-9,11-12H2,1-3H3. The van der Waals surface area contributed by atoms with Crippen molar-refractivity contribution < 1.29 is 9.13 Å². The van der Waals surface area contributed by atoms with E-state index in [2.05, 4.69) is 29.2 Å². The molecular weight excluding hydrogens is 269 g/mol. The van der Waals surface area contributed by atoms with E-state index in [0.29, 0.717) is 19.2 Å². The number of hydrogen-bond acceptors (Lipinski definition) is 4. The number of hydrogen-bond donors (Lipinski definition) is 1. The summed E-state index contributed by atoms with van der Waals surface area (Å²) in [6.45, 7) is 4.13. The quantitative estimate of drug-likeness (QED) is 0.775. The van der Waals surface area contributed by atoms with Gasteiger partial charge in [0.15, 0.2) is 0 Å². The summed E-state index contributed by atoms with van der Waals surface area (Å²) >= 11 is 0. The van der Waals surface area contributed by atoms with Gasteiger partial charge in [0.05, 0.1) is 6.61 Å². The maximum atomic E-state index is 13.5. The summed E-state index contributed by atoms with van der Waals surface area (Å²) < 4.78 is 18.6. The molecule has 1 aromatic rings. The van der Waals surface area contributed by atoms with Crippen molar-refractivity contribution in [3.63, 3.8) is 0 Å². The minimum atomic E-state index is -0.175. The predicted octanol–water partition coefficient (Wildman–Crippen LogP) is 1.70. The predicted molar refractivity (Wildman–Crippen MR) is 84.3 cm³/mol. The summed E-state index contributed by atoms with van der Waals surface area (Å²) in [6, 6.07) is 5.67. The fraction of sp³-hybridized carbons (Fsp3) is 0.625. The van der Waals surface area contributed by atoms with Crippen LogP contribution >= 0.6 is 0 Å². The Balaban J connectivity index is 2.04. The van der Waals surface area contributed by atoms with Crippen molar-refractivity contribution in [2.45, 2.75) is 19.0 Å². The number of rotatable bonds is 7. The highest BCUT2D eigenvalue weighted by molar-refractivity contribution is 5.55. The first-order valence-corrected chi connectivity index (χ1v) is 7.51. The molecule has 1 saturated heterocycles. The van der Waals surface area contributed by atoms with E-state index in [4.69, 9.17) is 4.74 Å². The van der Waals surface area contributed by atoms with Gasteiger partial charge >= 0.3 is 0 Å². The van der Waals surface area contributed by atoms with E-state index >= 15 is 0 Å².